The third-order valence-corrected chi connectivity index (χ3v) is 4.52. The highest BCUT2D eigenvalue weighted by Crippen LogP contribution is 2.21. The summed E-state index contributed by atoms with van der Waals surface area (Å²) in [6, 6.07) is 9.96. The molecular weight excluding hydrogens is 276 g/mol. The van der Waals surface area contributed by atoms with E-state index in [-0.39, 0.29) is 5.91 Å². The minimum absolute atomic E-state index is 0.207. The maximum Gasteiger partial charge on any atom is 0.222 e. The molecule has 1 aromatic carbocycles. The number of benzene rings is 1. The number of carbonyl (C=O) groups is 1. The van der Waals surface area contributed by atoms with Crippen molar-refractivity contribution in [2.24, 2.45) is 5.92 Å². The number of fused-ring (bicyclic) bond motifs is 1. The highest BCUT2D eigenvalue weighted by atomic mass is 16.3. The topological polar surface area (TPSA) is 45.5 Å². The number of hydrogen-bond acceptors (Lipinski definition) is 3. The Bertz CT molecular complexity index is 596. The first kappa shape index (κ1) is 15.1. The summed E-state index contributed by atoms with van der Waals surface area (Å²) in [5.74, 6) is 1.75. The summed E-state index contributed by atoms with van der Waals surface area (Å²) in [6.45, 7) is 2.72. The molecule has 1 aliphatic rings. The predicted molar refractivity (Wildman–Crippen MR) is 87.5 cm³/mol. The zero-order valence-corrected chi connectivity index (χ0v) is 13.2. The van der Waals surface area contributed by atoms with Gasteiger partial charge in [0.25, 0.3) is 0 Å². The molecule has 0 atom stereocenters. The van der Waals surface area contributed by atoms with E-state index in [1.165, 1.54) is 12.8 Å². The molecule has 3 rings (SSSR count). The molecule has 1 amide bonds. The molecule has 1 N–H and O–H groups in total. The second-order valence-corrected chi connectivity index (χ2v) is 6.23. The number of piperidine rings is 1. The Morgan fingerprint density at radius 2 is 2.09 bits per heavy atom. The average molecular weight is 300 g/mol. The van der Waals surface area contributed by atoms with Crippen LogP contribution in [0.25, 0.3) is 11.0 Å². The van der Waals surface area contributed by atoms with Gasteiger partial charge in [0.1, 0.15) is 11.3 Å². The first-order valence-electron chi connectivity index (χ1n) is 8.14. The van der Waals surface area contributed by atoms with Crippen LogP contribution in [-0.4, -0.2) is 30.9 Å². The fourth-order valence-corrected chi connectivity index (χ4v) is 3.13. The van der Waals surface area contributed by atoms with Crippen molar-refractivity contribution in [1.82, 2.24) is 10.2 Å². The van der Waals surface area contributed by atoms with Gasteiger partial charge in [0, 0.05) is 18.9 Å². The summed E-state index contributed by atoms with van der Waals surface area (Å²) in [7, 11) is 1.86. The minimum atomic E-state index is 0.207. The Kier molecular flexibility index (Phi) is 4.78. The molecule has 1 aromatic heterocycles. The standard InChI is InChI=1S/C18H24N2O2/c1-20(18(21)7-6-14-8-10-19-11-9-14)13-16-12-15-4-2-3-5-17(15)22-16/h2-5,12,14,19H,6-11,13H2,1H3. The second-order valence-electron chi connectivity index (χ2n) is 6.23. The van der Waals surface area contributed by atoms with Gasteiger partial charge in [0.15, 0.2) is 0 Å². The van der Waals surface area contributed by atoms with Crippen molar-refractivity contribution in [1.29, 1.82) is 0 Å². The Balaban J connectivity index is 1.51. The molecule has 1 aliphatic heterocycles. The normalized spacial score (nSPS) is 16.0. The number of carbonyl (C=O) groups excluding carboxylic acids is 1. The fraction of sp³-hybridized carbons (Fsp3) is 0.500. The largest absolute Gasteiger partial charge is 0.459 e. The Morgan fingerprint density at radius 3 is 2.86 bits per heavy atom. The van der Waals surface area contributed by atoms with Gasteiger partial charge in [-0.3, -0.25) is 4.79 Å². The van der Waals surface area contributed by atoms with Crippen LogP contribution in [0.1, 0.15) is 31.4 Å². The van der Waals surface area contributed by atoms with E-state index in [0.29, 0.717) is 18.9 Å². The molecule has 0 aliphatic carbocycles. The third kappa shape index (κ3) is 3.69. The van der Waals surface area contributed by atoms with E-state index < -0.39 is 0 Å². The summed E-state index contributed by atoms with van der Waals surface area (Å²) in [6.07, 6.45) is 4.04. The van der Waals surface area contributed by atoms with Crippen LogP contribution in [0.2, 0.25) is 0 Å². The van der Waals surface area contributed by atoms with Gasteiger partial charge in [-0.1, -0.05) is 18.2 Å². The van der Waals surface area contributed by atoms with Gasteiger partial charge < -0.3 is 14.6 Å². The maximum absolute atomic E-state index is 12.3. The van der Waals surface area contributed by atoms with Crippen LogP contribution in [0.15, 0.2) is 34.7 Å². The Labute approximate surface area is 131 Å². The van der Waals surface area contributed by atoms with Gasteiger partial charge in [0.05, 0.1) is 6.54 Å². The van der Waals surface area contributed by atoms with Crippen LogP contribution in [0.3, 0.4) is 0 Å². The molecule has 4 nitrogen and oxygen atoms in total. The number of rotatable bonds is 5. The maximum atomic E-state index is 12.3. The predicted octanol–water partition coefficient (Wildman–Crippen LogP) is 3.17. The lowest BCUT2D eigenvalue weighted by atomic mass is 9.93. The zero-order valence-electron chi connectivity index (χ0n) is 13.2. The van der Waals surface area contributed by atoms with Gasteiger partial charge in [-0.25, -0.2) is 0 Å². The van der Waals surface area contributed by atoms with Gasteiger partial charge >= 0.3 is 0 Å². The number of nitrogens with one attached hydrogen (secondary N) is 1. The molecule has 118 valence electrons. The first-order valence-corrected chi connectivity index (χ1v) is 8.14. The minimum Gasteiger partial charge on any atom is -0.459 e. The first-order chi connectivity index (χ1) is 10.7. The summed E-state index contributed by atoms with van der Waals surface area (Å²) in [5, 5.41) is 4.45. The summed E-state index contributed by atoms with van der Waals surface area (Å²) >= 11 is 0. The lowest BCUT2D eigenvalue weighted by molar-refractivity contribution is -0.131. The van der Waals surface area contributed by atoms with Crippen LogP contribution in [0.4, 0.5) is 0 Å². The van der Waals surface area contributed by atoms with E-state index in [1.807, 2.05) is 37.4 Å². The van der Waals surface area contributed by atoms with Gasteiger partial charge in [-0.05, 0) is 50.4 Å². The van der Waals surface area contributed by atoms with Crippen molar-refractivity contribution in [3.8, 4) is 0 Å². The van der Waals surface area contributed by atoms with E-state index in [0.717, 1.165) is 36.2 Å². The van der Waals surface area contributed by atoms with Crippen LogP contribution in [-0.2, 0) is 11.3 Å². The van der Waals surface area contributed by atoms with E-state index in [2.05, 4.69) is 5.32 Å². The lowest BCUT2D eigenvalue weighted by Crippen LogP contribution is -2.30. The second kappa shape index (κ2) is 6.97. The molecule has 0 spiro atoms. The summed E-state index contributed by atoms with van der Waals surface area (Å²) in [5.41, 5.74) is 0.882. The monoisotopic (exact) mass is 300 g/mol. The lowest BCUT2D eigenvalue weighted by Gasteiger charge is -2.23. The highest BCUT2D eigenvalue weighted by molar-refractivity contribution is 5.78. The summed E-state index contributed by atoms with van der Waals surface area (Å²) < 4.78 is 5.78. The van der Waals surface area contributed by atoms with Gasteiger partial charge in [-0.2, -0.15) is 0 Å². The number of amides is 1. The van der Waals surface area contributed by atoms with Crippen LogP contribution >= 0.6 is 0 Å². The Morgan fingerprint density at radius 1 is 1.32 bits per heavy atom. The molecule has 0 unspecified atom stereocenters. The quantitative estimate of drug-likeness (QED) is 0.922. The zero-order chi connectivity index (χ0) is 15.4. The van der Waals surface area contributed by atoms with E-state index >= 15 is 0 Å². The number of nitrogens with zero attached hydrogens (tertiary/aromatic N) is 1. The van der Waals surface area contributed by atoms with Crippen molar-refractivity contribution < 1.29 is 9.21 Å². The highest BCUT2D eigenvalue weighted by Gasteiger charge is 2.17. The average Bonchev–Trinajstić information content (AvgIpc) is 2.95. The molecule has 2 aromatic rings. The van der Waals surface area contributed by atoms with E-state index in [4.69, 9.17) is 4.42 Å². The molecule has 2 heterocycles. The van der Waals surface area contributed by atoms with Crippen molar-refractivity contribution in [3.05, 3.63) is 36.1 Å². The number of hydrogen-bond donors (Lipinski definition) is 1. The SMILES string of the molecule is CN(Cc1cc2ccccc2o1)C(=O)CCC1CCNCC1. The van der Waals surface area contributed by atoms with Crippen LogP contribution in [0.5, 0.6) is 0 Å². The summed E-state index contributed by atoms with van der Waals surface area (Å²) in [4.78, 5) is 14.1. The van der Waals surface area contributed by atoms with Crippen molar-refractivity contribution >= 4 is 16.9 Å². The van der Waals surface area contributed by atoms with Crippen molar-refractivity contribution in [2.45, 2.75) is 32.2 Å². The smallest absolute Gasteiger partial charge is 0.222 e. The third-order valence-electron chi connectivity index (χ3n) is 4.52. The molecular formula is C18H24N2O2. The molecule has 0 saturated carbocycles. The van der Waals surface area contributed by atoms with E-state index in [1.54, 1.807) is 4.90 Å². The molecule has 22 heavy (non-hydrogen) atoms. The van der Waals surface area contributed by atoms with Crippen molar-refractivity contribution in [2.75, 3.05) is 20.1 Å². The van der Waals surface area contributed by atoms with E-state index in [9.17, 15) is 4.79 Å². The Hall–Kier alpha value is -1.81. The molecule has 0 bridgehead atoms. The number of para-hydroxylation sites is 1. The molecule has 4 heteroatoms. The van der Waals surface area contributed by atoms with Gasteiger partial charge in [-0.15, -0.1) is 0 Å². The number of furan rings is 1. The molecule has 1 fully saturated rings. The van der Waals surface area contributed by atoms with Crippen LogP contribution in [0, 0.1) is 5.92 Å². The fourth-order valence-electron chi connectivity index (χ4n) is 3.13. The van der Waals surface area contributed by atoms with Crippen molar-refractivity contribution in [3.63, 3.8) is 0 Å². The molecule has 1 saturated heterocycles. The van der Waals surface area contributed by atoms with Gasteiger partial charge in [0.2, 0.25) is 5.91 Å². The molecule has 0 radical (unpaired) electrons. The van der Waals surface area contributed by atoms with Crippen LogP contribution < -0.4 is 5.32 Å².